The number of aliphatic imine (C=N–C) groups is 1. The zero-order valence-corrected chi connectivity index (χ0v) is 15.5. The highest BCUT2D eigenvalue weighted by molar-refractivity contribution is 8.15. The van der Waals surface area contributed by atoms with E-state index in [-0.39, 0.29) is 28.7 Å². The van der Waals surface area contributed by atoms with E-state index >= 15 is 0 Å². The van der Waals surface area contributed by atoms with Crippen LogP contribution in [0.5, 0.6) is 0 Å². The Morgan fingerprint density at radius 1 is 1.40 bits per heavy atom. The van der Waals surface area contributed by atoms with Gasteiger partial charge in [0.15, 0.2) is 15.0 Å². The van der Waals surface area contributed by atoms with Crippen molar-refractivity contribution in [2.24, 2.45) is 4.99 Å². The number of ether oxygens (including phenoxy) is 1. The topological polar surface area (TPSA) is 96.9 Å². The van der Waals surface area contributed by atoms with Gasteiger partial charge in [0, 0.05) is 36.8 Å². The highest BCUT2D eigenvalue weighted by atomic mass is 32.2. The van der Waals surface area contributed by atoms with E-state index in [0.717, 1.165) is 12.1 Å². The van der Waals surface area contributed by atoms with Crippen LogP contribution in [0.2, 0.25) is 0 Å². The number of amides is 1. The first-order chi connectivity index (χ1) is 12.0. The summed E-state index contributed by atoms with van der Waals surface area (Å²) in [7, 11) is -1.32. The van der Waals surface area contributed by atoms with E-state index in [1.807, 2.05) is 6.07 Å². The minimum absolute atomic E-state index is 0.000217. The van der Waals surface area contributed by atoms with Crippen LogP contribution in [0, 0.1) is 0 Å². The molecule has 136 valence electrons. The van der Waals surface area contributed by atoms with Gasteiger partial charge in [0.1, 0.15) is 0 Å². The first-order valence-electron chi connectivity index (χ1n) is 8.06. The number of hydrogen-bond acceptors (Lipinski definition) is 7. The molecule has 0 spiro atoms. The van der Waals surface area contributed by atoms with Crippen molar-refractivity contribution in [3.05, 3.63) is 29.8 Å². The lowest BCUT2D eigenvalue weighted by molar-refractivity contribution is 0.0948. The van der Waals surface area contributed by atoms with Crippen LogP contribution in [0.1, 0.15) is 16.8 Å². The molecule has 1 aromatic carbocycles. The summed E-state index contributed by atoms with van der Waals surface area (Å²) in [5.74, 6) is 0.171. The normalized spacial score (nSPS) is 23.8. The highest BCUT2D eigenvalue weighted by Gasteiger charge is 2.42. The van der Waals surface area contributed by atoms with Crippen molar-refractivity contribution < 1.29 is 17.9 Å². The van der Waals surface area contributed by atoms with Gasteiger partial charge in [-0.05, 0) is 24.6 Å². The quantitative estimate of drug-likeness (QED) is 0.715. The maximum absolute atomic E-state index is 12.1. The molecule has 0 saturated carbocycles. The van der Waals surface area contributed by atoms with Gasteiger partial charge in [-0.1, -0.05) is 17.8 Å². The number of hydrogen-bond donors (Lipinski definition) is 2. The van der Waals surface area contributed by atoms with Gasteiger partial charge < -0.3 is 15.4 Å². The fraction of sp³-hybridized carbons (Fsp3) is 0.500. The van der Waals surface area contributed by atoms with E-state index in [1.165, 1.54) is 11.8 Å². The van der Waals surface area contributed by atoms with Crippen LogP contribution in [0.4, 0.5) is 5.69 Å². The second-order valence-corrected chi connectivity index (χ2v) is 9.42. The second kappa shape index (κ2) is 7.76. The molecule has 2 aliphatic rings. The van der Waals surface area contributed by atoms with Gasteiger partial charge in [0.25, 0.3) is 5.91 Å². The standard InChI is InChI=1S/C16H21N3O4S2/c1-23-7-3-6-17-15(20)11-4-2-5-12(8-11)18-16-19-13-9-25(21,22)10-14(13)24-16/h2,4-5,8,13-14H,3,6-7,9-10H2,1H3,(H,17,20)(H,18,19). The molecule has 1 saturated heterocycles. The smallest absolute Gasteiger partial charge is 0.251 e. The highest BCUT2D eigenvalue weighted by Crippen LogP contribution is 2.34. The van der Waals surface area contributed by atoms with Crippen LogP contribution in [-0.2, 0) is 14.6 Å². The van der Waals surface area contributed by atoms with Crippen molar-refractivity contribution in [1.82, 2.24) is 5.32 Å². The number of rotatable bonds is 6. The third kappa shape index (κ3) is 4.74. The summed E-state index contributed by atoms with van der Waals surface area (Å²) in [6.07, 6.45) is 0.763. The monoisotopic (exact) mass is 383 g/mol. The van der Waals surface area contributed by atoms with Gasteiger partial charge in [-0.15, -0.1) is 0 Å². The molecule has 2 atom stereocenters. The van der Waals surface area contributed by atoms with Crippen molar-refractivity contribution in [3.63, 3.8) is 0 Å². The van der Waals surface area contributed by atoms with Gasteiger partial charge in [-0.25, -0.2) is 8.42 Å². The second-order valence-electron chi connectivity index (χ2n) is 6.04. The number of anilines is 1. The summed E-state index contributed by atoms with van der Waals surface area (Å²) in [5, 5.41) is 6.74. The van der Waals surface area contributed by atoms with Crippen molar-refractivity contribution in [1.29, 1.82) is 0 Å². The number of carbonyl (C=O) groups excluding carboxylic acids is 1. The van der Waals surface area contributed by atoms with E-state index in [1.54, 1.807) is 25.3 Å². The molecule has 2 unspecified atom stereocenters. The van der Waals surface area contributed by atoms with Gasteiger partial charge in [0.2, 0.25) is 0 Å². The summed E-state index contributed by atoms with van der Waals surface area (Å²) in [5.41, 5.74) is 1.33. The Morgan fingerprint density at radius 3 is 3.00 bits per heavy atom. The minimum atomic E-state index is -2.95. The molecular weight excluding hydrogens is 362 g/mol. The summed E-state index contributed by atoms with van der Waals surface area (Å²) >= 11 is 1.46. The molecule has 2 N–H and O–H groups in total. The molecule has 0 aliphatic carbocycles. The number of thioether (sulfide) groups is 1. The molecule has 2 heterocycles. The molecule has 1 fully saturated rings. The number of carbonyl (C=O) groups is 1. The van der Waals surface area contributed by atoms with E-state index in [0.29, 0.717) is 23.9 Å². The molecule has 0 radical (unpaired) electrons. The number of methoxy groups -OCH3 is 1. The van der Waals surface area contributed by atoms with Crippen LogP contribution in [0.25, 0.3) is 0 Å². The Morgan fingerprint density at radius 2 is 2.24 bits per heavy atom. The summed E-state index contributed by atoms with van der Waals surface area (Å²) in [6.45, 7) is 1.17. The van der Waals surface area contributed by atoms with Crippen LogP contribution < -0.4 is 10.6 Å². The van der Waals surface area contributed by atoms with Crippen LogP contribution in [-0.4, -0.2) is 62.6 Å². The lowest BCUT2D eigenvalue weighted by Crippen LogP contribution is -2.25. The lowest BCUT2D eigenvalue weighted by atomic mass is 10.2. The maximum atomic E-state index is 12.1. The lowest BCUT2D eigenvalue weighted by Gasteiger charge is -2.09. The first kappa shape index (κ1) is 18.2. The van der Waals surface area contributed by atoms with Gasteiger partial charge in [-0.3, -0.25) is 9.79 Å². The molecule has 7 nitrogen and oxygen atoms in total. The maximum Gasteiger partial charge on any atom is 0.251 e. The molecule has 3 rings (SSSR count). The largest absolute Gasteiger partial charge is 0.385 e. The van der Waals surface area contributed by atoms with E-state index in [2.05, 4.69) is 15.6 Å². The molecule has 0 aromatic heterocycles. The predicted molar refractivity (Wildman–Crippen MR) is 100 cm³/mol. The van der Waals surface area contributed by atoms with Crippen LogP contribution in [0.3, 0.4) is 0 Å². The summed E-state index contributed by atoms with van der Waals surface area (Å²) in [4.78, 5) is 16.6. The van der Waals surface area contributed by atoms with Gasteiger partial charge in [-0.2, -0.15) is 0 Å². The zero-order valence-electron chi connectivity index (χ0n) is 13.9. The average molecular weight is 383 g/mol. The Kier molecular flexibility index (Phi) is 5.65. The summed E-state index contributed by atoms with van der Waals surface area (Å²) in [6, 6.07) is 7.01. The van der Waals surface area contributed by atoms with Crippen molar-refractivity contribution in [2.45, 2.75) is 17.7 Å². The Labute approximate surface area is 151 Å². The van der Waals surface area contributed by atoms with E-state index < -0.39 is 9.84 Å². The number of nitrogens with one attached hydrogen (secondary N) is 2. The molecule has 25 heavy (non-hydrogen) atoms. The fourth-order valence-electron chi connectivity index (χ4n) is 2.80. The number of amidine groups is 1. The molecule has 0 bridgehead atoms. The van der Waals surface area contributed by atoms with E-state index in [4.69, 9.17) is 4.74 Å². The SMILES string of the molecule is COCCCNC(=O)c1cccc(NC2=NC3CS(=O)(=O)CC3S2)c1. The Balaban J connectivity index is 1.58. The Hall–Kier alpha value is -1.58. The predicted octanol–water partition coefficient (Wildman–Crippen LogP) is 1.13. The van der Waals surface area contributed by atoms with Crippen molar-refractivity contribution >= 4 is 38.4 Å². The number of nitrogens with zero attached hydrogens (tertiary/aromatic N) is 1. The third-order valence-electron chi connectivity index (χ3n) is 4.00. The van der Waals surface area contributed by atoms with Crippen LogP contribution >= 0.6 is 11.8 Å². The number of sulfone groups is 1. The molecule has 9 heteroatoms. The minimum Gasteiger partial charge on any atom is -0.385 e. The summed E-state index contributed by atoms with van der Waals surface area (Å²) < 4.78 is 28.2. The average Bonchev–Trinajstić information content (AvgIpc) is 3.04. The molecule has 1 aromatic rings. The number of benzene rings is 1. The van der Waals surface area contributed by atoms with E-state index in [9.17, 15) is 13.2 Å². The fourth-order valence-corrected chi connectivity index (χ4v) is 6.47. The van der Waals surface area contributed by atoms with Crippen LogP contribution in [0.15, 0.2) is 29.3 Å². The van der Waals surface area contributed by atoms with Gasteiger partial charge in [0.05, 0.1) is 17.5 Å². The molecule has 1 amide bonds. The molecular formula is C16H21N3O4S2. The molecule has 2 aliphatic heterocycles. The third-order valence-corrected chi connectivity index (χ3v) is 7.15. The van der Waals surface area contributed by atoms with Gasteiger partial charge >= 0.3 is 0 Å². The number of fused-ring (bicyclic) bond motifs is 1. The zero-order chi connectivity index (χ0) is 17.9. The first-order valence-corrected chi connectivity index (χ1v) is 10.8. The van der Waals surface area contributed by atoms with Crippen molar-refractivity contribution in [3.8, 4) is 0 Å². The Bertz CT molecular complexity index is 779. The van der Waals surface area contributed by atoms with Crippen molar-refractivity contribution in [2.75, 3.05) is 37.1 Å².